The Hall–Kier alpha value is -2.34. The standard InChI is InChI=1S/C24H28ClN3O2/c1-17-20-6-4-5-7-21(20)26-22(24(17)25)16-28-12-10-27(11-13-28)15-18-14-19(29-2)8-9-23(18)30-3/h4-9,14H,10-13,15-16H2,1-3H3. The summed E-state index contributed by atoms with van der Waals surface area (Å²) >= 11 is 6.66. The van der Waals surface area contributed by atoms with Crippen LogP contribution >= 0.6 is 11.6 Å². The number of halogens is 1. The number of fused-ring (bicyclic) bond motifs is 1. The SMILES string of the molecule is COc1ccc(OC)c(CN2CCN(Cc3nc4ccccc4c(C)c3Cl)CC2)c1. The van der Waals surface area contributed by atoms with Crippen molar-refractivity contribution in [3.63, 3.8) is 0 Å². The molecule has 0 N–H and O–H groups in total. The summed E-state index contributed by atoms with van der Waals surface area (Å²) in [7, 11) is 3.41. The van der Waals surface area contributed by atoms with Gasteiger partial charge in [0.05, 0.1) is 30.5 Å². The van der Waals surface area contributed by atoms with Crippen LogP contribution in [0.1, 0.15) is 16.8 Å². The van der Waals surface area contributed by atoms with E-state index in [9.17, 15) is 0 Å². The molecule has 1 aliphatic heterocycles. The summed E-state index contributed by atoms with van der Waals surface area (Å²) in [6.45, 7) is 7.65. The number of methoxy groups -OCH3 is 2. The minimum absolute atomic E-state index is 0.779. The van der Waals surface area contributed by atoms with Crippen LogP contribution in [0.4, 0.5) is 0 Å². The van der Waals surface area contributed by atoms with Gasteiger partial charge in [0.15, 0.2) is 0 Å². The molecule has 2 aromatic carbocycles. The molecule has 30 heavy (non-hydrogen) atoms. The second kappa shape index (κ2) is 9.21. The molecule has 0 atom stereocenters. The Kier molecular flexibility index (Phi) is 6.42. The maximum atomic E-state index is 6.66. The van der Waals surface area contributed by atoms with Crippen LogP contribution in [-0.2, 0) is 13.1 Å². The van der Waals surface area contributed by atoms with Gasteiger partial charge in [-0.3, -0.25) is 9.80 Å². The van der Waals surface area contributed by atoms with Gasteiger partial charge in [-0.2, -0.15) is 0 Å². The second-order valence-electron chi connectivity index (χ2n) is 7.74. The highest BCUT2D eigenvalue weighted by Gasteiger charge is 2.21. The first-order valence-electron chi connectivity index (χ1n) is 10.3. The largest absolute Gasteiger partial charge is 0.497 e. The van der Waals surface area contributed by atoms with Crippen LogP contribution in [0.15, 0.2) is 42.5 Å². The van der Waals surface area contributed by atoms with E-state index < -0.39 is 0 Å². The second-order valence-corrected chi connectivity index (χ2v) is 8.12. The van der Waals surface area contributed by atoms with Gasteiger partial charge >= 0.3 is 0 Å². The van der Waals surface area contributed by atoms with Crippen LogP contribution in [0, 0.1) is 6.92 Å². The molecule has 4 rings (SSSR count). The van der Waals surface area contributed by atoms with Crippen molar-refractivity contribution >= 4 is 22.5 Å². The molecule has 6 heteroatoms. The van der Waals surface area contributed by atoms with E-state index in [1.165, 1.54) is 0 Å². The molecule has 2 heterocycles. The minimum Gasteiger partial charge on any atom is -0.497 e. The van der Waals surface area contributed by atoms with Gasteiger partial charge in [0.1, 0.15) is 11.5 Å². The van der Waals surface area contributed by atoms with Crippen molar-refractivity contribution < 1.29 is 9.47 Å². The number of hydrogen-bond acceptors (Lipinski definition) is 5. The highest BCUT2D eigenvalue weighted by molar-refractivity contribution is 6.32. The highest BCUT2D eigenvalue weighted by Crippen LogP contribution is 2.29. The van der Waals surface area contributed by atoms with E-state index in [0.717, 1.165) is 83.5 Å². The first-order chi connectivity index (χ1) is 14.6. The van der Waals surface area contributed by atoms with Gasteiger partial charge in [-0.25, -0.2) is 4.98 Å². The zero-order chi connectivity index (χ0) is 21.1. The van der Waals surface area contributed by atoms with E-state index in [1.54, 1.807) is 14.2 Å². The van der Waals surface area contributed by atoms with E-state index in [4.69, 9.17) is 26.1 Å². The third-order valence-electron chi connectivity index (χ3n) is 5.87. The van der Waals surface area contributed by atoms with Gasteiger partial charge < -0.3 is 9.47 Å². The highest BCUT2D eigenvalue weighted by atomic mass is 35.5. The Balaban J connectivity index is 1.41. The Morgan fingerprint density at radius 1 is 0.933 bits per heavy atom. The molecule has 0 unspecified atom stereocenters. The van der Waals surface area contributed by atoms with Crippen molar-refractivity contribution in [1.82, 2.24) is 14.8 Å². The van der Waals surface area contributed by atoms with Crippen LogP contribution in [0.5, 0.6) is 11.5 Å². The summed E-state index contributed by atoms with van der Waals surface area (Å²) in [5.41, 5.74) is 4.25. The number of pyridine rings is 1. The molecule has 0 spiro atoms. The number of aromatic nitrogens is 1. The van der Waals surface area contributed by atoms with Gasteiger partial charge in [0.2, 0.25) is 0 Å². The third-order valence-corrected chi connectivity index (χ3v) is 6.37. The van der Waals surface area contributed by atoms with Gasteiger partial charge in [-0.15, -0.1) is 0 Å². The predicted octanol–water partition coefficient (Wildman–Crippen LogP) is 4.53. The van der Waals surface area contributed by atoms with Crippen molar-refractivity contribution in [3.05, 3.63) is 64.3 Å². The summed E-state index contributed by atoms with van der Waals surface area (Å²) < 4.78 is 10.9. The van der Waals surface area contributed by atoms with Crippen molar-refractivity contribution in [2.75, 3.05) is 40.4 Å². The summed E-state index contributed by atoms with van der Waals surface area (Å²) in [5.74, 6) is 1.76. The Bertz CT molecular complexity index is 1030. The smallest absolute Gasteiger partial charge is 0.123 e. The number of para-hydroxylation sites is 1. The minimum atomic E-state index is 0.779. The number of piperazine rings is 1. The molecule has 3 aromatic rings. The topological polar surface area (TPSA) is 37.8 Å². The molecule has 158 valence electrons. The molecule has 0 radical (unpaired) electrons. The molecule has 0 saturated carbocycles. The predicted molar refractivity (Wildman–Crippen MR) is 122 cm³/mol. The summed E-state index contributed by atoms with van der Waals surface area (Å²) in [6, 6.07) is 14.2. The fraction of sp³-hybridized carbons (Fsp3) is 0.375. The van der Waals surface area contributed by atoms with E-state index in [1.807, 2.05) is 24.3 Å². The molecule has 5 nitrogen and oxygen atoms in total. The van der Waals surface area contributed by atoms with E-state index in [0.29, 0.717) is 0 Å². The van der Waals surface area contributed by atoms with Crippen molar-refractivity contribution in [2.24, 2.45) is 0 Å². The molecular weight excluding hydrogens is 398 g/mol. The lowest BCUT2D eigenvalue weighted by Crippen LogP contribution is -2.45. The molecule has 1 aromatic heterocycles. The monoisotopic (exact) mass is 425 g/mol. The Morgan fingerprint density at radius 2 is 1.63 bits per heavy atom. The van der Waals surface area contributed by atoms with Gasteiger partial charge in [0.25, 0.3) is 0 Å². The molecule has 0 bridgehead atoms. The van der Waals surface area contributed by atoms with E-state index in [2.05, 4.69) is 34.9 Å². The molecule has 0 amide bonds. The first-order valence-corrected chi connectivity index (χ1v) is 10.7. The molecule has 0 aliphatic carbocycles. The number of nitrogens with zero attached hydrogens (tertiary/aromatic N) is 3. The molecule has 1 fully saturated rings. The van der Waals surface area contributed by atoms with E-state index in [-0.39, 0.29) is 0 Å². The Morgan fingerprint density at radius 3 is 2.33 bits per heavy atom. The molecular formula is C24H28ClN3O2. The lowest BCUT2D eigenvalue weighted by molar-refractivity contribution is 0.120. The number of aryl methyl sites for hydroxylation is 1. The maximum Gasteiger partial charge on any atom is 0.123 e. The lowest BCUT2D eigenvalue weighted by atomic mass is 10.1. The average Bonchev–Trinajstić information content (AvgIpc) is 2.78. The van der Waals surface area contributed by atoms with E-state index >= 15 is 0 Å². The van der Waals surface area contributed by atoms with Crippen LogP contribution < -0.4 is 9.47 Å². The maximum absolute atomic E-state index is 6.66. The van der Waals surface area contributed by atoms with Gasteiger partial charge in [-0.1, -0.05) is 29.8 Å². The van der Waals surface area contributed by atoms with Crippen LogP contribution in [0.2, 0.25) is 5.02 Å². The third kappa shape index (κ3) is 4.38. The fourth-order valence-corrected chi connectivity index (χ4v) is 4.29. The quantitative estimate of drug-likeness (QED) is 0.580. The number of hydrogen-bond donors (Lipinski definition) is 0. The van der Waals surface area contributed by atoms with Crippen LogP contribution in [0.25, 0.3) is 10.9 Å². The number of benzene rings is 2. The Labute approximate surface area is 183 Å². The zero-order valence-corrected chi connectivity index (χ0v) is 18.6. The summed E-state index contributed by atoms with van der Waals surface area (Å²) in [5, 5.41) is 1.92. The number of ether oxygens (including phenoxy) is 2. The van der Waals surface area contributed by atoms with Crippen molar-refractivity contribution in [3.8, 4) is 11.5 Å². The van der Waals surface area contributed by atoms with Crippen LogP contribution in [-0.4, -0.2) is 55.2 Å². The van der Waals surface area contributed by atoms with Crippen molar-refractivity contribution in [2.45, 2.75) is 20.0 Å². The average molecular weight is 426 g/mol. The molecule has 1 aliphatic rings. The summed E-state index contributed by atoms with van der Waals surface area (Å²) in [6.07, 6.45) is 0. The molecule has 1 saturated heterocycles. The fourth-order valence-electron chi connectivity index (χ4n) is 4.09. The van der Waals surface area contributed by atoms with Gasteiger partial charge in [-0.05, 0) is 36.8 Å². The lowest BCUT2D eigenvalue weighted by Gasteiger charge is -2.35. The van der Waals surface area contributed by atoms with Gasteiger partial charge in [0, 0.05) is 50.2 Å². The summed E-state index contributed by atoms with van der Waals surface area (Å²) in [4.78, 5) is 9.73. The van der Waals surface area contributed by atoms with Crippen molar-refractivity contribution in [1.29, 1.82) is 0 Å². The normalized spacial score (nSPS) is 15.5. The number of rotatable bonds is 6. The first kappa shape index (κ1) is 20.9. The zero-order valence-electron chi connectivity index (χ0n) is 17.8. The van der Waals surface area contributed by atoms with Crippen LogP contribution in [0.3, 0.4) is 0 Å².